The van der Waals surface area contributed by atoms with Crippen molar-refractivity contribution in [3.05, 3.63) is 0 Å². The first-order valence-corrected chi connectivity index (χ1v) is 9.37. The van der Waals surface area contributed by atoms with Crippen molar-refractivity contribution < 1.29 is 14.3 Å². The van der Waals surface area contributed by atoms with E-state index in [9.17, 15) is 4.79 Å². The molecule has 2 atom stereocenters. The Hall–Kier alpha value is -1.15. The molecule has 0 bridgehead atoms. The highest BCUT2D eigenvalue weighted by Gasteiger charge is 2.26. The van der Waals surface area contributed by atoms with E-state index >= 15 is 0 Å². The van der Waals surface area contributed by atoms with Crippen LogP contribution in [0, 0.1) is 0 Å². The highest BCUT2D eigenvalue weighted by Crippen LogP contribution is 2.31. The van der Waals surface area contributed by atoms with Crippen molar-refractivity contribution in [2.24, 2.45) is 0 Å². The van der Waals surface area contributed by atoms with Crippen LogP contribution in [0.25, 0.3) is 0 Å². The fourth-order valence-corrected chi connectivity index (χ4v) is 4.15. The van der Waals surface area contributed by atoms with Crippen LogP contribution in [0.1, 0.15) is 57.4 Å². The zero-order chi connectivity index (χ0) is 16.1. The van der Waals surface area contributed by atoms with Crippen LogP contribution in [0.3, 0.4) is 0 Å². The van der Waals surface area contributed by atoms with Crippen molar-refractivity contribution in [1.29, 1.82) is 0 Å². The van der Waals surface area contributed by atoms with Crippen LogP contribution < -0.4 is 0 Å². The molecule has 2 aliphatic carbocycles. The maximum Gasteiger partial charge on any atom is 0.316 e. The van der Waals surface area contributed by atoms with Crippen LogP contribution in [-0.4, -0.2) is 51.2 Å². The van der Waals surface area contributed by atoms with Crippen molar-refractivity contribution in [3.63, 3.8) is 0 Å². The number of aromatic nitrogens is 4. The van der Waals surface area contributed by atoms with E-state index in [1.165, 1.54) is 24.6 Å². The maximum absolute atomic E-state index is 12.1. The van der Waals surface area contributed by atoms with Gasteiger partial charge in [-0.3, -0.25) is 4.79 Å². The molecule has 0 saturated heterocycles. The van der Waals surface area contributed by atoms with E-state index < -0.39 is 0 Å². The van der Waals surface area contributed by atoms with Gasteiger partial charge in [0, 0.05) is 13.5 Å². The Morgan fingerprint density at radius 3 is 2.78 bits per heavy atom. The van der Waals surface area contributed by atoms with Crippen LogP contribution in [0.4, 0.5) is 0 Å². The number of carbonyl (C=O) groups excluding carboxylic acids is 1. The third-order valence-electron chi connectivity index (χ3n) is 4.66. The molecule has 0 amide bonds. The van der Waals surface area contributed by atoms with Crippen LogP contribution in [0.5, 0.6) is 0 Å². The molecule has 0 aromatic carbocycles. The highest BCUT2D eigenvalue weighted by molar-refractivity contribution is 7.99. The van der Waals surface area contributed by atoms with E-state index in [0.717, 1.165) is 38.5 Å². The Morgan fingerprint density at radius 2 is 2.00 bits per heavy atom. The topological polar surface area (TPSA) is 79.1 Å². The summed E-state index contributed by atoms with van der Waals surface area (Å²) in [4.78, 5) is 12.1. The predicted molar refractivity (Wildman–Crippen MR) is 85.2 cm³/mol. The Labute approximate surface area is 140 Å². The molecule has 1 aromatic heterocycles. The summed E-state index contributed by atoms with van der Waals surface area (Å²) in [7, 11) is 1.72. The third-order valence-corrected chi connectivity index (χ3v) is 5.57. The van der Waals surface area contributed by atoms with Crippen molar-refractivity contribution in [3.8, 4) is 0 Å². The summed E-state index contributed by atoms with van der Waals surface area (Å²) in [5.74, 6) is 0.0547. The number of tetrazole rings is 1. The molecule has 0 aliphatic heterocycles. The molecule has 128 valence electrons. The molecule has 0 unspecified atom stereocenters. The minimum Gasteiger partial charge on any atom is -0.462 e. The van der Waals surface area contributed by atoms with Gasteiger partial charge in [-0.25, -0.2) is 4.68 Å². The molecule has 3 rings (SSSR count). The van der Waals surface area contributed by atoms with Crippen molar-refractivity contribution in [1.82, 2.24) is 20.2 Å². The van der Waals surface area contributed by atoms with Gasteiger partial charge in [-0.15, -0.1) is 5.10 Å². The minimum atomic E-state index is -0.197. The second-order valence-corrected chi connectivity index (χ2v) is 7.21. The average molecular weight is 340 g/mol. The van der Waals surface area contributed by atoms with Gasteiger partial charge < -0.3 is 9.47 Å². The van der Waals surface area contributed by atoms with Crippen molar-refractivity contribution in [2.45, 2.75) is 74.8 Å². The van der Waals surface area contributed by atoms with E-state index in [4.69, 9.17) is 9.47 Å². The molecule has 7 nitrogen and oxygen atoms in total. The van der Waals surface area contributed by atoms with E-state index in [2.05, 4.69) is 15.5 Å². The Balaban J connectivity index is 1.47. The van der Waals surface area contributed by atoms with Gasteiger partial charge in [-0.2, -0.15) is 0 Å². The van der Waals surface area contributed by atoms with Crippen molar-refractivity contribution in [2.75, 3.05) is 12.9 Å². The maximum atomic E-state index is 12.1. The fraction of sp³-hybridized carbons (Fsp3) is 0.867. The first kappa shape index (κ1) is 16.7. The first-order valence-electron chi connectivity index (χ1n) is 8.39. The summed E-state index contributed by atoms with van der Waals surface area (Å²) >= 11 is 1.36. The Morgan fingerprint density at radius 1 is 1.22 bits per heavy atom. The van der Waals surface area contributed by atoms with Crippen LogP contribution >= 0.6 is 11.8 Å². The Kier molecular flexibility index (Phi) is 5.88. The molecule has 0 N–H and O–H groups in total. The number of carbonyl (C=O) groups is 1. The number of ether oxygens (including phenoxy) is 2. The molecule has 0 spiro atoms. The lowest BCUT2D eigenvalue weighted by Gasteiger charge is -2.27. The van der Waals surface area contributed by atoms with E-state index in [1.807, 2.05) is 4.68 Å². The van der Waals surface area contributed by atoms with Gasteiger partial charge in [0.1, 0.15) is 6.10 Å². The first-order chi connectivity index (χ1) is 11.3. The minimum absolute atomic E-state index is 0.0207. The summed E-state index contributed by atoms with van der Waals surface area (Å²) in [6, 6.07) is 0.379. The molecule has 1 aromatic rings. The van der Waals surface area contributed by atoms with Crippen LogP contribution in [0.15, 0.2) is 5.16 Å². The largest absolute Gasteiger partial charge is 0.462 e. The molecule has 0 radical (unpaired) electrons. The Bertz CT molecular complexity index is 519. The third kappa shape index (κ3) is 4.44. The second kappa shape index (κ2) is 8.10. The zero-order valence-electron chi connectivity index (χ0n) is 13.5. The quantitative estimate of drug-likeness (QED) is 0.581. The average Bonchev–Trinajstić information content (AvgIpc) is 3.24. The molecule has 1 heterocycles. The molecule has 2 aliphatic rings. The number of hydrogen-bond acceptors (Lipinski definition) is 7. The van der Waals surface area contributed by atoms with Gasteiger partial charge in [-0.05, 0) is 42.5 Å². The predicted octanol–water partition coefficient (Wildman–Crippen LogP) is 2.38. The zero-order valence-corrected chi connectivity index (χ0v) is 14.3. The highest BCUT2D eigenvalue weighted by atomic mass is 32.2. The number of thioether (sulfide) groups is 1. The summed E-state index contributed by atoms with van der Waals surface area (Å²) < 4.78 is 12.8. The number of nitrogens with zero attached hydrogens (tertiary/aromatic N) is 4. The van der Waals surface area contributed by atoms with E-state index in [1.54, 1.807) is 7.11 Å². The lowest BCUT2D eigenvalue weighted by molar-refractivity contribution is -0.149. The SMILES string of the molecule is CO[C@H]1CCC[C@@H](OC(=O)CSc2nnnn2C2CCCC2)C1. The number of esters is 1. The smallest absolute Gasteiger partial charge is 0.316 e. The van der Waals surface area contributed by atoms with Gasteiger partial charge in [-0.1, -0.05) is 24.6 Å². The fourth-order valence-electron chi connectivity index (χ4n) is 3.43. The van der Waals surface area contributed by atoms with Gasteiger partial charge >= 0.3 is 5.97 Å². The van der Waals surface area contributed by atoms with Gasteiger partial charge in [0.25, 0.3) is 0 Å². The summed E-state index contributed by atoms with van der Waals surface area (Å²) in [5.41, 5.74) is 0. The number of methoxy groups -OCH3 is 1. The lowest BCUT2D eigenvalue weighted by Crippen LogP contribution is -2.29. The van der Waals surface area contributed by atoms with E-state index in [0.29, 0.717) is 11.2 Å². The number of hydrogen-bond donors (Lipinski definition) is 0. The normalized spacial score (nSPS) is 25.6. The standard InChI is InChI=1S/C15H24N4O3S/c1-21-12-7-4-8-13(9-12)22-14(20)10-23-15-16-17-18-19(15)11-5-2-3-6-11/h11-13H,2-10H2,1H3/t12-,13+/m0/s1. The second-order valence-electron chi connectivity index (χ2n) is 6.27. The summed E-state index contributed by atoms with van der Waals surface area (Å²) in [5, 5.41) is 12.6. The van der Waals surface area contributed by atoms with Gasteiger partial charge in [0.2, 0.25) is 5.16 Å². The molecular formula is C15H24N4O3S. The van der Waals surface area contributed by atoms with Gasteiger partial charge in [0.05, 0.1) is 17.9 Å². The monoisotopic (exact) mass is 340 g/mol. The van der Waals surface area contributed by atoms with Crippen LogP contribution in [0.2, 0.25) is 0 Å². The molecule has 23 heavy (non-hydrogen) atoms. The summed E-state index contributed by atoms with van der Waals surface area (Å²) in [6.07, 6.45) is 8.68. The molecule has 2 fully saturated rings. The van der Waals surface area contributed by atoms with E-state index in [-0.39, 0.29) is 23.9 Å². The molecular weight excluding hydrogens is 316 g/mol. The van der Waals surface area contributed by atoms with Gasteiger partial charge in [0.15, 0.2) is 0 Å². The van der Waals surface area contributed by atoms with Crippen molar-refractivity contribution >= 4 is 17.7 Å². The molecule has 2 saturated carbocycles. The summed E-state index contributed by atoms with van der Waals surface area (Å²) in [6.45, 7) is 0. The molecule has 8 heteroatoms. The van der Waals surface area contributed by atoms with Crippen LogP contribution in [-0.2, 0) is 14.3 Å². The lowest BCUT2D eigenvalue weighted by atomic mass is 9.95. The number of rotatable bonds is 6.